The summed E-state index contributed by atoms with van der Waals surface area (Å²) in [6.45, 7) is -0.901. The minimum absolute atomic E-state index is 0.0315. The topological polar surface area (TPSA) is 77.3 Å². The van der Waals surface area contributed by atoms with Gasteiger partial charge < -0.3 is 9.64 Å². The number of alkyl halides is 5. The third-order valence-corrected chi connectivity index (χ3v) is 5.45. The zero-order chi connectivity index (χ0) is 24.7. The van der Waals surface area contributed by atoms with E-state index in [1.165, 1.54) is 30.1 Å². The van der Waals surface area contributed by atoms with Crippen molar-refractivity contribution < 1.29 is 36.3 Å². The highest BCUT2D eigenvalue weighted by Crippen LogP contribution is 2.30. The number of ketones is 1. The lowest BCUT2D eigenvalue weighted by Crippen LogP contribution is -2.34. The molecule has 34 heavy (non-hydrogen) atoms. The number of pyridine rings is 1. The molecule has 0 bridgehead atoms. The molecule has 0 radical (unpaired) electrons. The van der Waals surface area contributed by atoms with Crippen LogP contribution in [0, 0.1) is 0 Å². The van der Waals surface area contributed by atoms with Crippen molar-refractivity contribution in [3.63, 3.8) is 0 Å². The van der Waals surface area contributed by atoms with E-state index in [0.29, 0.717) is 16.5 Å². The molecule has 12 heteroatoms. The molecule has 3 aromatic rings. The summed E-state index contributed by atoms with van der Waals surface area (Å²) < 4.78 is 72.1. The summed E-state index contributed by atoms with van der Waals surface area (Å²) in [6.07, 6.45) is -3.81. The van der Waals surface area contributed by atoms with Crippen molar-refractivity contribution in [2.24, 2.45) is 0 Å². The van der Waals surface area contributed by atoms with Crippen LogP contribution in [-0.4, -0.2) is 57.5 Å². The lowest BCUT2D eigenvalue weighted by molar-refractivity contribution is -0.141. The molecule has 0 saturated carbocycles. The number of benzene rings is 1. The summed E-state index contributed by atoms with van der Waals surface area (Å²) in [4.78, 5) is 29.5. The zero-order valence-corrected chi connectivity index (χ0v) is 17.9. The predicted octanol–water partition coefficient (Wildman–Crippen LogP) is 3.75. The number of methoxy groups -OCH3 is 1. The van der Waals surface area contributed by atoms with E-state index in [0.717, 1.165) is 17.0 Å². The summed E-state index contributed by atoms with van der Waals surface area (Å²) in [5, 5.41) is 4.81. The fraction of sp³-hybridized carbons (Fsp3) is 0.364. The van der Waals surface area contributed by atoms with Crippen LogP contribution >= 0.6 is 0 Å². The van der Waals surface area contributed by atoms with Gasteiger partial charge in [-0.3, -0.25) is 14.3 Å². The Kier molecular flexibility index (Phi) is 6.00. The molecule has 0 aliphatic carbocycles. The van der Waals surface area contributed by atoms with Gasteiger partial charge in [-0.05, 0) is 18.2 Å². The number of fused-ring (bicyclic) bond motifs is 1. The quantitative estimate of drug-likeness (QED) is 0.395. The number of hydrogen-bond acceptors (Lipinski definition) is 5. The molecule has 4 rings (SSSR count). The monoisotopic (exact) mass is 482 g/mol. The molecule has 0 spiro atoms. The van der Waals surface area contributed by atoms with Gasteiger partial charge in [0, 0.05) is 42.6 Å². The van der Waals surface area contributed by atoms with E-state index in [9.17, 15) is 31.5 Å². The lowest BCUT2D eigenvalue weighted by Gasteiger charge is -2.15. The second kappa shape index (κ2) is 8.65. The van der Waals surface area contributed by atoms with Gasteiger partial charge in [-0.2, -0.15) is 18.3 Å². The number of amides is 1. The Labute approximate surface area is 190 Å². The number of nitrogens with zero attached hydrogens (tertiary/aromatic N) is 4. The van der Waals surface area contributed by atoms with Gasteiger partial charge in [0.1, 0.15) is 23.7 Å². The molecule has 0 unspecified atom stereocenters. The standard InChI is InChI=1S/C22H19F5N4O3/c1-34-18-9-16-14(10-31(29-16)11-20(33)30-6-5-21(23,24)12-30)7-13(18)8-17(32)15-3-2-4-19(28-15)22(25,26)27/h2-4,7,9-10H,5-6,8,11-12H2,1H3. The van der Waals surface area contributed by atoms with E-state index < -0.39 is 36.0 Å². The largest absolute Gasteiger partial charge is 0.496 e. The molecule has 0 atom stereocenters. The van der Waals surface area contributed by atoms with Crippen LogP contribution in [-0.2, 0) is 23.9 Å². The molecule has 1 aromatic carbocycles. The minimum atomic E-state index is -4.68. The first kappa shape index (κ1) is 23.6. The van der Waals surface area contributed by atoms with Crippen LogP contribution in [0.4, 0.5) is 22.0 Å². The number of carbonyl (C=O) groups is 2. The molecule has 7 nitrogen and oxygen atoms in total. The summed E-state index contributed by atoms with van der Waals surface area (Å²) in [5.41, 5.74) is -0.669. The Morgan fingerprint density at radius 2 is 1.97 bits per heavy atom. The van der Waals surface area contributed by atoms with Crippen molar-refractivity contribution in [3.05, 3.63) is 53.5 Å². The predicted molar refractivity (Wildman–Crippen MR) is 110 cm³/mol. The van der Waals surface area contributed by atoms with Gasteiger partial charge in [-0.1, -0.05) is 6.07 Å². The molecular formula is C22H19F5N4O3. The van der Waals surface area contributed by atoms with Crippen LogP contribution in [0.2, 0.25) is 0 Å². The van der Waals surface area contributed by atoms with Crippen molar-refractivity contribution in [1.29, 1.82) is 0 Å². The van der Waals surface area contributed by atoms with Crippen molar-refractivity contribution in [1.82, 2.24) is 19.7 Å². The van der Waals surface area contributed by atoms with Crippen molar-refractivity contribution >= 4 is 22.6 Å². The third-order valence-electron chi connectivity index (χ3n) is 5.45. The number of hydrogen-bond donors (Lipinski definition) is 0. The molecule has 180 valence electrons. The second-order valence-electron chi connectivity index (χ2n) is 7.98. The molecule has 1 saturated heterocycles. The number of halogens is 5. The SMILES string of the molecule is COc1cc2nn(CC(=O)N3CCC(F)(F)C3)cc2cc1CC(=O)c1cccc(C(F)(F)F)n1. The molecule has 0 N–H and O–H groups in total. The summed E-state index contributed by atoms with van der Waals surface area (Å²) in [6, 6.07) is 6.21. The summed E-state index contributed by atoms with van der Waals surface area (Å²) >= 11 is 0. The average Bonchev–Trinajstić information content (AvgIpc) is 3.34. The van der Waals surface area contributed by atoms with Crippen molar-refractivity contribution in [2.45, 2.75) is 31.5 Å². The van der Waals surface area contributed by atoms with Crippen LogP contribution in [0.5, 0.6) is 5.75 Å². The van der Waals surface area contributed by atoms with Gasteiger partial charge in [-0.15, -0.1) is 0 Å². The van der Waals surface area contributed by atoms with Crippen molar-refractivity contribution in [2.75, 3.05) is 20.2 Å². The van der Waals surface area contributed by atoms with Gasteiger partial charge in [0.15, 0.2) is 5.78 Å². The number of rotatable bonds is 6. The molecule has 1 aliphatic heterocycles. The number of aromatic nitrogens is 3. The van der Waals surface area contributed by atoms with Gasteiger partial charge >= 0.3 is 6.18 Å². The Bertz CT molecular complexity index is 1260. The second-order valence-corrected chi connectivity index (χ2v) is 7.98. The van der Waals surface area contributed by atoms with E-state index in [-0.39, 0.29) is 37.4 Å². The van der Waals surface area contributed by atoms with E-state index in [1.54, 1.807) is 6.07 Å². The first-order valence-electron chi connectivity index (χ1n) is 10.2. The third kappa shape index (κ3) is 5.00. The highest BCUT2D eigenvalue weighted by Gasteiger charge is 2.40. The Morgan fingerprint density at radius 3 is 2.62 bits per heavy atom. The maximum absolute atomic E-state index is 13.4. The zero-order valence-electron chi connectivity index (χ0n) is 17.9. The average molecular weight is 482 g/mol. The van der Waals surface area contributed by atoms with E-state index in [4.69, 9.17) is 4.74 Å². The van der Waals surface area contributed by atoms with Gasteiger partial charge in [0.05, 0.1) is 19.2 Å². The molecule has 1 fully saturated rings. The number of carbonyl (C=O) groups excluding carboxylic acids is 2. The van der Waals surface area contributed by atoms with Gasteiger partial charge in [0.25, 0.3) is 5.92 Å². The van der Waals surface area contributed by atoms with Crippen LogP contribution in [0.15, 0.2) is 36.5 Å². The van der Waals surface area contributed by atoms with Crippen LogP contribution in [0.25, 0.3) is 10.9 Å². The van der Waals surface area contributed by atoms with E-state index >= 15 is 0 Å². The fourth-order valence-corrected chi connectivity index (χ4v) is 3.76. The first-order valence-corrected chi connectivity index (χ1v) is 10.2. The molecule has 1 aliphatic rings. The minimum Gasteiger partial charge on any atom is -0.496 e. The van der Waals surface area contributed by atoms with E-state index in [1.807, 2.05) is 0 Å². The molecular weight excluding hydrogens is 463 g/mol. The molecule has 3 heterocycles. The summed E-state index contributed by atoms with van der Waals surface area (Å²) in [5.74, 6) is -3.75. The Morgan fingerprint density at radius 1 is 1.21 bits per heavy atom. The fourth-order valence-electron chi connectivity index (χ4n) is 3.76. The van der Waals surface area contributed by atoms with Crippen LogP contribution < -0.4 is 4.74 Å². The highest BCUT2D eigenvalue weighted by molar-refractivity contribution is 5.97. The lowest BCUT2D eigenvalue weighted by atomic mass is 10.0. The number of ether oxygens (including phenoxy) is 1. The normalized spacial score (nSPS) is 15.6. The number of Topliss-reactive ketones (excluding diaryl/α,β-unsaturated/α-hetero) is 1. The highest BCUT2D eigenvalue weighted by atomic mass is 19.4. The summed E-state index contributed by atoms with van der Waals surface area (Å²) in [7, 11) is 1.37. The number of likely N-dealkylation sites (tertiary alicyclic amines) is 1. The van der Waals surface area contributed by atoms with Gasteiger partial charge in [0.2, 0.25) is 5.91 Å². The van der Waals surface area contributed by atoms with Gasteiger partial charge in [-0.25, -0.2) is 13.8 Å². The van der Waals surface area contributed by atoms with Crippen LogP contribution in [0.1, 0.15) is 28.2 Å². The molecule has 2 aromatic heterocycles. The van der Waals surface area contributed by atoms with E-state index in [2.05, 4.69) is 10.1 Å². The maximum Gasteiger partial charge on any atom is 0.433 e. The maximum atomic E-state index is 13.4. The Hall–Kier alpha value is -3.57. The van der Waals surface area contributed by atoms with Crippen molar-refractivity contribution in [3.8, 4) is 5.75 Å². The Balaban J connectivity index is 1.54. The first-order chi connectivity index (χ1) is 15.9. The molecule has 1 amide bonds. The smallest absolute Gasteiger partial charge is 0.433 e. The van der Waals surface area contributed by atoms with Crippen LogP contribution in [0.3, 0.4) is 0 Å².